The van der Waals surface area contributed by atoms with E-state index in [1.54, 1.807) is 0 Å². The normalized spacial score (nSPS) is 26.2. The van der Waals surface area contributed by atoms with Crippen LogP contribution < -0.4 is 9.47 Å². The lowest BCUT2D eigenvalue weighted by Crippen LogP contribution is -2.29. The van der Waals surface area contributed by atoms with Crippen molar-refractivity contribution in [3.05, 3.63) is 23.8 Å². The molecule has 1 saturated heterocycles. The van der Waals surface area contributed by atoms with Crippen molar-refractivity contribution < 1.29 is 19.0 Å². The second-order valence-corrected chi connectivity index (χ2v) is 6.64. The van der Waals surface area contributed by atoms with Gasteiger partial charge in [0.2, 0.25) is 0 Å². The third kappa shape index (κ3) is 3.15. The Morgan fingerprint density at radius 2 is 2.17 bits per heavy atom. The molecule has 2 aliphatic heterocycles. The topological polar surface area (TPSA) is 49.3 Å². The van der Waals surface area contributed by atoms with Crippen molar-refractivity contribution in [3.63, 3.8) is 0 Å². The lowest BCUT2D eigenvalue weighted by Gasteiger charge is -2.17. The third-order valence-corrected chi connectivity index (χ3v) is 4.65. The molecule has 124 valence electrons. The lowest BCUT2D eigenvalue weighted by atomic mass is 9.93. The van der Waals surface area contributed by atoms with Crippen LogP contribution in [0.5, 0.6) is 11.5 Å². The number of ether oxygens (including phenoxy) is 3. The maximum Gasteiger partial charge on any atom is 0.168 e. The smallest absolute Gasteiger partial charge is 0.168 e. The van der Waals surface area contributed by atoms with E-state index in [0.29, 0.717) is 13.2 Å². The first-order chi connectivity index (χ1) is 11.3. The molecule has 1 unspecified atom stereocenters. The van der Waals surface area contributed by atoms with Crippen LogP contribution in [-0.4, -0.2) is 37.7 Å². The summed E-state index contributed by atoms with van der Waals surface area (Å²) in [6.07, 6.45) is 4.25. The highest BCUT2D eigenvalue weighted by molar-refractivity contribution is 6.02. The van der Waals surface area contributed by atoms with Crippen LogP contribution in [0.2, 0.25) is 0 Å². The predicted molar refractivity (Wildman–Crippen MR) is 86.2 cm³/mol. The van der Waals surface area contributed by atoms with Crippen LogP contribution in [0.3, 0.4) is 0 Å². The average molecular weight is 317 g/mol. The van der Waals surface area contributed by atoms with Crippen molar-refractivity contribution in [3.8, 4) is 11.5 Å². The summed E-state index contributed by atoms with van der Waals surface area (Å²) in [6, 6.07) is 6.05. The Labute approximate surface area is 136 Å². The van der Waals surface area contributed by atoms with E-state index in [2.05, 4.69) is 5.16 Å². The molecule has 1 aromatic rings. The second kappa shape index (κ2) is 6.04. The van der Waals surface area contributed by atoms with Gasteiger partial charge in [-0.25, -0.2) is 0 Å². The molecule has 2 fully saturated rings. The zero-order valence-electron chi connectivity index (χ0n) is 13.5. The minimum absolute atomic E-state index is 0.248. The molecule has 0 amide bonds. The number of rotatable bonds is 6. The first-order valence-electron chi connectivity index (χ1n) is 8.51. The fourth-order valence-corrected chi connectivity index (χ4v) is 3.04. The molecule has 1 spiro atoms. The highest BCUT2D eigenvalue weighted by Gasteiger charge is 2.43. The third-order valence-electron chi connectivity index (χ3n) is 4.65. The Bertz CT molecular complexity index is 603. The van der Waals surface area contributed by atoms with Crippen LogP contribution in [0, 0.1) is 5.92 Å². The van der Waals surface area contributed by atoms with Gasteiger partial charge in [-0.3, -0.25) is 0 Å². The zero-order chi connectivity index (χ0) is 15.7. The minimum atomic E-state index is -0.248. The van der Waals surface area contributed by atoms with Crippen molar-refractivity contribution in [2.24, 2.45) is 11.1 Å². The first-order valence-corrected chi connectivity index (χ1v) is 8.51. The summed E-state index contributed by atoms with van der Waals surface area (Å²) in [7, 11) is 0. The number of benzene rings is 1. The van der Waals surface area contributed by atoms with Crippen molar-refractivity contribution in [2.45, 2.75) is 38.2 Å². The molecule has 0 radical (unpaired) electrons. The maximum atomic E-state index is 5.91. The Balaban J connectivity index is 1.50. The Kier molecular flexibility index (Phi) is 3.89. The lowest BCUT2D eigenvalue weighted by molar-refractivity contribution is -0.0237. The van der Waals surface area contributed by atoms with E-state index in [1.807, 2.05) is 25.1 Å². The number of oxime groups is 1. The van der Waals surface area contributed by atoms with Crippen molar-refractivity contribution in [2.75, 3.05) is 26.4 Å². The first kappa shape index (κ1) is 14.8. The van der Waals surface area contributed by atoms with E-state index in [1.165, 1.54) is 12.8 Å². The van der Waals surface area contributed by atoms with E-state index in [9.17, 15) is 0 Å². The SMILES string of the molecule is CCOc1cc(C2=NOC3(CCOC3)C2)ccc1OCC1CC1. The minimum Gasteiger partial charge on any atom is -0.490 e. The predicted octanol–water partition coefficient (Wildman–Crippen LogP) is 3.16. The average Bonchev–Trinajstić information content (AvgIpc) is 3.13. The molecule has 0 aromatic heterocycles. The molecule has 1 aliphatic carbocycles. The summed E-state index contributed by atoms with van der Waals surface area (Å²) in [5, 5.41) is 4.30. The zero-order valence-corrected chi connectivity index (χ0v) is 13.5. The molecule has 1 saturated carbocycles. The summed E-state index contributed by atoms with van der Waals surface area (Å²) < 4.78 is 17.1. The summed E-state index contributed by atoms with van der Waals surface area (Å²) >= 11 is 0. The van der Waals surface area contributed by atoms with Gasteiger partial charge in [0.05, 0.1) is 32.1 Å². The van der Waals surface area contributed by atoms with Gasteiger partial charge in [0.15, 0.2) is 17.1 Å². The van der Waals surface area contributed by atoms with Crippen LogP contribution in [0.1, 0.15) is 38.2 Å². The Morgan fingerprint density at radius 3 is 2.91 bits per heavy atom. The fourth-order valence-electron chi connectivity index (χ4n) is 3.04. The van der Waals surface area contributed by atoms with Crippen LogP contribution in [0.4, 0.5) is 0 Å². The number of hydrogen-bond acceptors (Lipinski definition) is 5. The van der Waals surface area contributed by atoms with E-state index in [4.69, 9.17) is 19.0 Å². The van der Waals surface area contributed by atoms with E-state index in [0.717, 1.165) is 54.7 Å². The largest absolute Gasteiger partial charge is 0.490 e. The molecule has 23 heavy (non-hydrogen) atoms. The van der Waals surface area contributed by atoms with E-state index >= 15 is 0 Å². The van der Waals surface area contributed by atoms with Gasteiger partial charge in [0, 0.05) is 18.4 Å². The van der Waals surface area contributed by atoms with Gasteiger partial charge in [-0.2, -0.15) is 0 Å². The number of hydrogen-bond donors (Lipinski definition) is 0. The monoisotopic (exact) mass is 317 g/mol. The molecule has 5 nitrogen and oxygen atoms in total. The summed E-state index contributed by atoms with van der Waals surface area (Å²) in [5.74, 6) is 2.33. The van der Waals surface area contributed by atoms with Gasteiger partial charge in [-0.1, -0.05) is 5.16 Å². The highest BCUT2D eigenvalue weighted by Crippen LogP contribution is 2.37. The van der Waals surface area contributed by atoms with Crippen molar-refractivity contribution in [1.29, 1.82) is 0 Å². The van der Waals surface area contributed by atoms with Crippen molar-refractivity contribution in [1.82, 2.24) is 0 Å². The van der Waals surface area contributed by atoms with E-state index < -0.39 is 0 Å². The standard InChI is InChI=1S/C18H23NO4/c1-2-21-17-9-14(5-6-16(17)22-11-13-3-4-13)15-10-18(23-19-15)7-8-20-12-18/h5-6,9,13H,2-4,7-8,10-12H2,1H3. The number of nitrogens with zero attached hydrogens (tertiary/aromatic N) is 1. The summed E-state index contributed by atoms with van der Waals surface area (Å²) in [6.45, 7) is 4.76. The molecule has 5 heteroatoms. The second-order valence-electron chi connectivity index (χ2n) is 6.64. The molecule has 1 atom stereocenters. The van der Waals surface area contributed by atoms with Gasteiger partial charge in [-0.15, -0.1) is 0 Å². The molecule has 1 aromatic carbocycles. The van der Waals surface area contributed by atoms with Crippen LogP contribution in [-0.2, 0) is 9.57 Å². The van der Waals surface area contributed by atoms with Crippen LogP contribution >= 0.6 is 0 Å². The quantitative estimate of drug-likeness (QED) is 0.808. The molecule has 0 N–H and O–H groups in total. The van der Waals surface area contributed by atoms with Crippen LogP contribution in [0.15, 0.2) is 23.4 Å². The van der Waals surface area contributed by atoms with Crippen LogP contribution in [0.25, 0.3) is 0 Å². The highest BCUT2D eigenvalue weighted by atomic mass is 16.7. The van der Waals surface area contributed by atoms with Gasteiger partial charge in [-0.05, 0) is 43.9 Å². The van der Waals surface area contributed by atoms with Gasteiger partial charge < -0.3 is 19.0 Å². The summed E-state index contributed by atoms with van der Waals surface area (Å²) in [5.41, 5.74) is 1.75. The molecule has 3 aliphatic rings. The van der Waals surface area contributed by atoms with Gasteiger partial charge in [0.25, 0.3) is 0 Å². The van der Waals surface area contributed by atoms with Crippen molar-refractivity contribution >= 4 is 5.71 Å². The molecule has 0 bridgehead atoms. The Hall–Kier alpha value is -1.75. The molecular formula is C18H23NO4. The summed E-state index contributed by atoms with van der Waals surface area (Å²) in [4.78, 5) is 5.68. The van der Waals surface area contributed by atoms with Gasteiger partial charge >= 0.3 is 0 Å². The van der Waals surface area contributed by atoms with Gasteiger partial charge in [0.1, 0.15) is 0 Å². The fraction of sp³-hybridized carbons (Fsp3) is 0.611. The Morgan fingerprint density at radius 1 is 1.26 bits per heavy atom. The molecular weight excluding hydrogens is 294 g/mol. The van der Waals surface area contributed by atoms with E-state index in [-0.39, 0.29) is 5.60 Å². The maximum absolute atomic E-state index is 5.91. The molecule has 4 rings (SSSR count). The molecule has 2 heterocycles.